The smallest absolute Gasteiger partial charge is 0.407 e. The van der Waals surface area contributed by atoms with Crippen molar-refractivity contribution in [2.45, 2.75) is 37.6 Å². The molecule has 33 heavy (non-hydrogen) atoms. The minimum absolute atomic E-state index is 0.00882. The van der Waals surface area contributed by atoms with Crippen LogP contribution in [0, 0.1) is 6.92 Å². The van der Waals surface area contributed by atoms with Crippen LogP contribution in [0.1, 0.15) is 35.7 Å². The number of alkyl carbamates (subject to hydrolysis) is 1. The van der Waals surface area contributed by atoms with Crippen molar-refractivity contribution < 1.29 is 27.5 Å². The zero-order valence-corrected chi connectivity index (χ0v) is 19.8. The van der Waals surface area contributed by atoms with Crippen molar-refractivity contribution in [1.29, 1.82) is 0 Å². The van der Waals surface area contributed by atoms with Crippen LogP contribution in [0.25, 0.3) is 0 Å². The van der Waals surface area contributed by atoms with E-state index in [1.54, 1.807) is 49.1 Å². The Labute approximate surface area is 194 Å². The third-order valence-corrected chi connectivity index (χ3v) is 6.78. The number of hydrogen-bond acceptors (Lipinski definition) is 6. The van der Waals surface area contributed by atoms with Crippen LogP contribution in [0.4, 0.5) is 10.5 Å². The first-order valence-corrected chi connectivity index (χ1v) is 12.2. The zero-order chi connectivity index (χ0) is 24.0. The van der Waals surface area contributed by atoms with E-state index in [1.165, 1.54) is 19.2 Å². The summed E-state index contributed by atoms with van der Waals surface area (Å²) in [5.74, 6) is 0.336. The highest BCUT2D eigenvalue weighted by molar-refractivity contribution is 7.92. The van der Waals surface area contributed by atoms with Crippen LogP contribution < -0.4 is 14.8 Å². The van der Waals surface area contributed by atoms with Crippen molar-refractivity contribution in [2.75, 3.05) is 31.5 Å². The summed E-state index contributed by atoms with van der Waals surface area (Å²) in [6, 6.07) is 10.8. The predicted molar refractivity (Wildman–Crippen MR) is 124 cm³/mol. The number of anilines is 1. The number of piperidine rings is 1. The molecule has 1 atom stereocenters. The van der Waals surface area contributed by atoms with Crippen molar-refractivity contribution in [3.05, 3.63) is 53.6 Å². The normalized spacial score (nSPS) is 16.1. The van der Waals surface area contributed by atoms with Gasteiger partial charge in [0.2, 0.25) is 0 Å². The highest BCUT2D eigenvalue weighted by atomic mass is 32.2. The van der Waals surface area contributed by atoms with E-state index in [0.717, 1.165) is 12.8 Å². The second-order valence-electron chi connectivity index (χ2n) is 7.77. The van der Waals surface area contributed by atoms with Gasteiger partial charge in [-0.15, -0.1) is 0 Å². The van der Waals surface area contributed by atoms with Crippen LogP contribution in [0.5, 0.6) is 5.75 Å². The summed E-state index contributed by atoms with van der Waals surface area (Å²) in [5, 5.41) is 2.77. The Kier molecular flexibility index (Phi) is 7.80. The number of benzene rings is 2. The fourth-order valence-electron chi connectivity index (χ4n) is 3.66. The molecule has 0 spiro atoms. The zero-order valence-electron chi connectivity index (χ0n) is 19.0. The summed E-state index contributed by atoms with van der Waals surface area (Å²) < 4.78 is 38.4. The molecule has 1 fully saturated rings. The maximum atomic E-state index is 13.2. The van der Waals surface area contributed by atoms with Crippen LogP contribution in [0.3, 0.4) is 0 Å². The molecule has 10 heteroatoms. The largest absolute Gasteiger partial charge is 0.497 e. The molecule has 0 saturated carbocycles. The average molecular weight is 476 g/mol. The number of nitrogens with one attached hydrogen (secondary N) is 2. The molecule has 1 aliphatic rings. The molecule has 0 bridgehead atoms. The summed E-state index contributed by atoms with van der Waals surface area (Å²) >= 11 is 0. The van der Waals surface area contributed by atoms with Crippen LogP contribution >= 0.6 is 0 Å². The fourth-order valence-corrected chi connectivity index (χ4v) is 4.75. The molecule has 2 aromatic carbocycles. The molecular formula is C23H29N3O6S. The van der Waals surface area contributed by atoms with Gasteiger partial charge in [-0.2, -0.15) is 0 Å². The molecule has 2 amide bonds. The van der Waals surface area contributed by atoms with Crippen LogP contribution in [0.2, 0.25) is 0 Å². The van der Waals surface area contributed by atoms with Gasteiger partial charge in [-0.25, -0.2) is 13.2 Å². The number of likely N-dealkylation sites (tertiary alicyclic amines) is 1. The predicted octanol–water partition coefficient (Wildman–Crippen LogP) is 3.16. The molecule has 1 aliphatic heterocycles. The first-order valence-electron chi connectivity index (χ1n) is 10.7. The average Bonchev–Trinajstić information content (AvgIpc) is 2.79. The van der Waals surface area contributed by atoms with E-state index in [1.807, 2.05) is 0 Å². The van der Waals surface area contributed by atoms with Crippen LogP contribution in [-0.2, 0) is 14.8 Å². The van der Waals surface area contributed by atoms with Crippen molar-refractivity contribution in [3.8, 4) is 5.75 Å². The molecule has 2 N–H and O–H groups in total. The summed E-state index contributed by atoms with van der Waals surface area (Å²) in [6.07, 6.45) is 0.950. The SMILES string of the molecule is CCOC(=O)NC1CCCN(C(=O)c2cc(S(=O)(=O)Nc3ccc(OC)cc3)ccc2C)C1. The molecule has 0 aliphatic carbocycles. The molecule has 2 aromatic rings. The van der Waals surface area contributed by atoms with Gasteiger partial charge in [-0.3, -0.25) is 9.52 Å². The second kappa shape index (κ2) is 10.6. The van der Waals surface area contributed by atoms with E-state index >= 15 is 0 Å². The number of aryl methyl sites for hydroxylation is 1. The number of rotatable bonds is 7. The van der Waals surface area contributed by atoms with E-state index in [4.69, 9.17) is 9.47 Å². The van der Waals surface area contributed by atoms with E-state index in [2.05, 4.69) is 10.0 Å². The standard InChI is InChI=1S/C23H29N3O6S/c1-4-32-23(28)24-18-6-5-13-26(15-18)22(27)21-14-20(12-7-16(21)2)33(29,30)25-17-8-10-19(31-3)11-9-17/h7-12,14,18,25H,4-6,13,15H2,1-3H3,(H,24,28). The third-order valence-electron chi connectivity index (χ3n) is 5.40. The summed E-state index contributed by atoms with van der Waals surface area (Å²) in [4.78, 5) is 26.6. The van der Waals surface area contributed by atoms with Crippen LogP contribution in [0.15, 0.2) is 47.4 Å². The van der Waals surface area contributed by atoms with Crippen molar-refractivity contribution >= 4 is 27.7 Å². The molecule has 9 nitrogen and oxygen atoms in total. The number of sulfonamides is 1. The Balaban J connectivity index is 1.77. The van der Waals surface area contributed by atoms with E-state index in [-0.39, 0.29) is 23.5 Å². The molecule has 1 unspecified atom stereocenters. The van der Waals surface area contributed by atoms with Gasteiger partial charge >= 0.3 is 6.09 Å². The lowest BCUT2D eigenvalue weighted by Crippen LogP contribution is -2.49. The third kappa shape index (κ3) is 6.16. The number of ether oxygens (including phenoxy) is 2. The molecule has 178 valence electrons. The Morgan fingerprint density at radius 3 is 2.55 bits per heavy atom. The Bertz CT molecular complexity index is 1100. The van der Waals surface area contributed by atoms with E-state index < -0.39 is 16.1 Å². The highest BCUT2D eigenvalue weighted by Crippen LogP contribution is 2.23. The maximum Gasteiger partial charge on any atom is 0.407 e. The minimum atomic E-state index is -3.90. The van der Waals surface area contributed by atoms with E-state index in [9.17, 15) is 18.0 Å². The quantitative estimate of drug-likeness (QED) is 0.636. The summed E-state index contributed by atoms with van der Waals surface area (Å²) in [6.45, 7) is 4.62. The van der Waals surface area contributed by atoms with Gasteiger partial charge in [-0.1, -0.05) is 6.07 Å². The molecular weight excluding hydrogens is 446 g/mol. The first-order chi connectivity index (χ1) is 15.7. The monoisotopic (exact) mass is 475 g/mol. The van der Waals surface area contributed by atoms with Gasteiger partial charge in [0, 0.05) is 30.4 Å². The number of nitrogens with zero attached hydrogens (tertiary/aromatic N) is 1. The summed E-state index contributed by atoms with van der Waals surface area (Å²) in [5.41, 5.74) is 1.36. The Morgan fingerprint density at radius 2 is 1.88 bits per heavy atom. The fraction of sp³-hybridized carbons (Fsp3) is 0.391. The Hall–Kier alpha value is -3.27. The first kappa shape index (κ1) is 24.4. The topological polar surface area (TPSA) is 114 Å². The molecule has 0 aromatic heterocycles. The van der Waals surface area contributed by atoms with Crippen molar-refractivity contribution in [1.82, 2.24) is 10.2 Å². The van der Waals surface area contributed by atoms with Gasteiger partial charge < -0.3 is 19.7 Å². The lowest BCUT2D eigenvalue weighted by atomic mass is 10.0. The maximum absolute atomic E-state index is 13.2. The number of carbonyl (C=O) groups excluding carboxylic acids is 2. The number of amides is 2. The van der Waals surface area contributed by atoms with Gasteiger partial charge in [0.1, 0.15) is 5.75 Å². The van der Waals surface area contributed by atoms with Gasteiger partial charge in [0.15, 0.2) is 0 Å². The van der Waals surface area contributed by atoms with Gasteiger partial charge in [-0.05, 0) is 68.7 Å². The van der Waals surface area contributed by atoms with Gasteiger partial charge in [0.25, 0.3) is 15.9 Å². The second-order valence-corrected chi connectivity index (χ2v) is 9.45. The number of hydrogen-bond donors (Lipinski definition) is 2. The number of methoxy groups -OCH3 is 1. The van der Waals surface area contributed by atoms with Gasteiger partial charge in [0.05, 0.1) is 18.6 Å². The minimum Gasteiger partial charge on any atom is -0.497 e. The Morgan fingerprint density at radius 1 is 1.15 bits per heavy atom. The molecule has 1 saturated heterocycles. The molecule has 1 heterocycles. The molecule has 3 rings (SSSR count). The lowest BCUT2D eigenvalue weighted by molar-refractivity contribution is 0.0685. The van der Waals surface area contributed by atoms with Crippen molar-refractivity contribution in [3.63, 3.8) is 0 Å². The van der Waals surface area contributed by atoms with E-state index in [0.29, 0.717) is 35.7 Å². The molecule has 0 radical (unpaired) electrons. The highest BCUT2D eigenvalue weighted by Gasteiger charge is 2.27. The van der Waals surface area contributed by atoms with Crippen molar-refractivity contribution in [2.24, 2.45) is 0 Å². The lowest BCUT2D eigenvalue weighted by Gasteiger charge is -2.33. The summed E-state index contributed by atoms with van der Waals surface area (Å²) in [7, 11) is -2.38. The number of carbonyl (C=O) groups is 2. The van der Waals surface area contributed by atoms with Crippen LogP contribution in [-0.4, -0.2) is 58.2 Å².